The lowest BCUT2D eigenvalue weighted by atomic mass is 10.2. The van der Waals surface area contributed by atoms with E-state index in [0.29, 0.717) is 12.1 Å². The predicted molar refractivity (Wildman–Crippen MR) is 125 cm³/mol. The van der Waals surface area contributed by atoms with E-state index >= 15 is 0 Å². The summed E-state index contributed by atoms with van der Waals surface area (Å²) < 4.78 is 19.6. The first-order chi connectivity index (χ1) is 12.3. The van der Waals surface area contributed by atoms with E-state index in [4.69, 9.17) is 46.5 Å². The van der Waals surface area contributed by atoms with Crippen molar-refractivity contribution in [3.63, 3.8) is 0 Å². The molecule has 0 spiro atoms. The third kappa shape index (κ3) is 11.6. The zero-order valence-corrected chi connectivity index (χ0v) is 22.9. The normalized spacial score (nSPS) is 14.4. The fraction of sp³-hybridized carbons (Fsp3) is 0.700. The van der Waals surface area contributed by atoms with Gasteiger partial charge >= 0.3 is 14.8 Å². The second-order valence-electron chi connectivity index (χ2n) is 10.1. The Labute approximate surface area is 187 Å². The molecule has 1 aromatic rings. The zero-order valence-electron chi connectivity index (χ0n) is 18.6. The van der Waals surface area contributed by atoms with E-state index in [1.54, 1.807) is 0 Å². The van der Waals surface area contributed by atoms with Gasteiger partial charge in [0.2, 0.25) is 0 Å². The van der Waals surface area contributed by atoms with Crippen molar-refractivity contribution in [3.05, 3.63) is 35.4 Å². The van der Waals surface area contributed by atoms with Crippen molar-refractivity contribution in [2.24, 2.45) is 0 Å². The summed E-state index contributed by atoms with van der Waals surface area (Å²) in [5, 5.41) is 0. The molecule has 1 rings (SSSR count). The first-order valence-electron chi connectivity index (χ1n) is 9.53. The molecular weight excluding hydrogens is 451 g/mol. The fourth-order valence-electron chi connectivity index (χ4n) is 2.83. The van der Waals surface area contributed by atoms with Gasteiger partial charge in [0.1, 0.15) is 0 Å². The van der Waals surface area contributed by atoms with Crippen LogP contribution in [0.25, 0.3) is 0 Å². The quantitative estimate of drug-likeness (QED) is 0.311. The van der Waals surface area contributed by atoms with Crippen molar-refractivity contribution in [2.75, 3.05) is 0 Å². The largest absolute Gasteiger partial charge is 0.506 e. The summed E-state index contributed by atoms with van der Waals surface area (Å²) in [5.74, 6) is 0. The maximum Gasteiger partial charge on any atom is 0.506 e. The smallest absolute Gasteiger partial charge is 0.368 e. The Kier molecular flexibility index (Phi) is 8.75. The molecule has 3 nitrogen and oxygen atoms in total. The molecule has 0 heterocycles. The van der Waals surface area contributed by atoms with Crippen molar-refractivity contribution in [3.8, 4) is 0 Å². The highest BCUT2D eigenvalue weighted by Crippen LogP contribution is 2.32. The van der Waals surface area contributed by atoms with E-state index in [2.05, 4.69) is 0 Å². The zero-order chi connectivity index (χ0) is 22.0. The molecule has 0 radical (unpaired) electrons. The van der Waals surface area contributed by atoms with Crippen LogP contribution in [0.3, 0.4) is 0 Å². The minimum absolute atomic E-state index is 0.399. The Morgan fingerprint density at radius 3 is 1.14 bits per heavy atom. The van der Waals surface area contributed by atoms with Crippen LogP contribution in [0.4, 0.5) is 0 Å². The van der Waals surface area contributed by atoms with Crippen LogP contribution in [0.15, 0.2) is 24.3 Å². The van der Waals surface area contributed by atoms with Crippen molar-refractivity contribution < 1.29 is 13.3 Å². The third-order valence-corrected chi connectivity index (χ3v) is 8.86. The number of rotatable bonds is 7. The van der Waals surface area contributed by atoms with E-state index in [1.807, 2.05) is 86.6 Å². The predicted octanol–water partition coefficient (Wildman–Crippen LogP) is 6.89. The minimum Gasteiger partial charge on any atom is -0.368 e. The number of halogens is 3. The maximum absolute atomic E-state index is 6.53. The van der Waals surface area contributed by atoms with E-state index < -0.39 is 31.6 Å². The molecule has 0 saturated heterocycles. The third-order valence-electron chi connectivity index (χ3n) is 3.23. The van der Waals surface area contributed by atoms with Gasteiger partial charge in [0, 0.05) is 12.1 Å². The standard InChI is InChI=1S/C20H35Cl3O3Si2/c1-18(2,3)24-28(25-19(4,5)6,26-20(7,8)9)15-17-12-10-16(11-13-17)14-27(21,22)23/h10-13H,14-15H2,1-9H3. The van der Waals surface area contributed by atoms with E-state index in [0.717, 1.165) is 11.1 Å². The summed E-state index contributed by atoms with van der Waals surface area (Å²) in [4.78, 5) is 0. The first kappa shape index (κ1) is 26.4. The lowest BCUT2D eigenvalue weighted by Crippen LogP contribution is -2.59. The SMILES string of the molecule is CC(C)(C)O[Si](Cc1ccc(C[Si](Cl)(Cl)Cl)cc1)(OC(C)(C)C)OC(C)(C)C. The Bertz CT molecular complexity index is 584. The molecule has 0 aromatic heterocycles. The van der Waals surface area contributed by atoms with E-state index in [-0.39, 0.29) is 0 Å². The molecule has 0 saturated carbocycles. The van der Waals surface area contributed by atoms with Crippen LogP contribution in [0.2, 0.25) is 0 Å². The van der Waals surface area contributed by atoms with Crippen LogP contribution >= 0.6 is 33.2 Å². The number of hydrogen-bond acceptors (Lipinski definition) is 3. The molecule has 0 fully saturated rings. The molecule has 0 unspecified atom stereocenters. The second-order valence-corrected chi connectivity index (χ2v) is 21.6. The Morgan fingerprint density at radius 2 is 0.893 bits per heavy atom. The van der Waals surface area contributed by atoms with Gasteiger partial charge in [0.05, 0.1) is 16.8 Å². The monoisotopic (exact) mass is 484 g/mol. The second kappa shape index (κ2) is 9.27. The number of benzene rings is 1. The molecule has 0 N–H and O–H groups in total. The molecule has 162 valence electrons. The van der Waals surface area contributed by atoms with Crippen molar-refractivity contribution in [1.29, 1.82) is 0 Å². The van der Waals surface area contributed by atoms with Gasteiger partial charge < -0.3 is 13.3 Å². The maximum atomic E-state index is 6.53. The molecule has 0 amide bonds. The van der Waals surface area contributed by atoms with Crippen molar-refractivity contribution in [2.45, 2.75) is 91.2 Å². The summed E-state index contributed by atoms with van der Waals surface area (Å²) in [6.45, 7) is 18.3. The Morgan fingerprint density at radius 1 is 0.607 bits per heavy atom. The van der Waals surface area contributed by atoms with Crippen molar-refractivity contribution >= 4 is 48.0 Å². The molecule has 1 aromatic carbocycles. The Balaban J connectivity index is 3.25. The van der Waals surface area contributed by atoms with Gasteiger partial charge in [-0.3, -0.25) is 0 Å². The molecule has 28 heavy (non-hydrogen) atoms. The minimum atomic E-state index is -3.08. The van der Waals surface area contributed by atoms with Crippen molar-refractivity contribution in [1.82, 2.24) is 0 Å². The topological polar surface area (TPSA) is 27.7 Å². The average Bonchev–Trinajstić information content (AvgIpc) is 2.32. The van der Waals surface area contributed by atoms with E-state index in [1.165, 1.54) is 0 Å². The molecular formula is C20H35Cl3O3Si2. The molecule has 0 aliphatic rings. The molecule has 0 atom stereocenters. The first-order valence-corrected chi connectivity index (χ1v) is 16.7. The van der Waals surface area contributed by atoms with Crippen LogP contribution in [-0.4, -0.2) is 31.6 Å². The highest BCUT2D eigenvalue weighted by Gasteiger charge is 2.50. The van der Waals surface area contributed by atoms with Gasteiger partial charge in [0.15, 0.2) is 0 Å². The van der Waals surface area contributed by atoms with Gasteiger partial charge in [-0.1, -0.05) is 24.3 Å². The highest BCUT2D eigenvalue weighted by atomic mass is 35.8. The van der Waals surface area contributed by atoms with Gasteiger partial charge in [0.25, 0.3) is 0 Å². The lowest BCUT2D eigenvalue weighted by molar-refractivity contribution is -0.0760. The highest BCUT2D eigenvalue weighted by molar-refractivity contribution is 7.64. The van der Waals surface area contributed by atoms with Crippen LogP contribution in [0.5, 0.6) is 0 Å². The van der Waals surface area contributed by atoms with Crippen LogP contribution < -0.4 is 0 Å². The average molecular weight is 486 g/mol. The summed E-state index contributed by atoms with van der Waals surface area (Å²) in [6, 6.07) is 6.48. The van der Waals surface area contributed by atoms with Gasteiger partial charge in [-0.2, -0.15) is 0 Å². The summed E-state index contributed by atoms with van der Waals surface area (Å²) in [7, 11) is -3.08. The fourth-order valence-corrected chi connectivity index (χ4v) is 8.79. The molecule has 0 aliphatic heterocycles. The van der Waals surface area contributed by atoms with Crippen LogP contribution in [0, 0.1) is 0 Å². The number of hydrogen-bond donors (Lipinski definition) is 0. The van der Waals surface area contributed by atoms with E-state index in [9.17, 15) is 0 Å². The van der Waals surface area contributed by atoms with Gasteiger partial charge in [-0.25, -0.2) is 0 Å². The summed E-state index contributed by atoms with van der Waals surface area (Å²) in [6.07, 6.45) is 0. The summed E-state index contributed by atoms with van der Waals surface area (Å²) in [5.41, 5.74) is 0.907. The van der Waals surface area contributed by atoms with Crippen LogP contribution in [-0.2, 0) is 25.4 Å². The molecule has 0 bridgehead atoms. The molecule has 8 heteroatoms. The van der Waals surface area contributed by atoms with Gasteiger partial charge in [-0.05, 0) is 73.4 Å². The van der Waals surface area contributed by atoms with Gasteiger partial charge in [-0.15, -0.1) is 33.2 Å². The van der Waals surface area contributed by atoms with Crippen LogP contribution in [0.1, 0.15) is 73.4 Å². The lowest BCUT2D eigenvalue weighted by Gasteiger charge is -2.43. The Hall–Kier alpha value is 0.404. The summed E-state index contributed by atoms with van der Waals surface area (Å²) >= 11 is 18.1. The molecule has 0 aliphatic carbocycles.